The number of aromatic nitrogens is 5. The number of hydrogen-bond acceptors (Lipinski definition) is 4. The maximum atomic E-state index is 12.5. The zero-order chi connectivity index (χ0) is 18.1. The summed E-state index contributed by atoms with van der Waals surface area (Å²) in [5, 5.41) is 16.1. The lowest BCUT2D eigenvalue weighted by molar-refractivity contribution is -0.121. The first-order valence-corrected chi connectivity index (χ1v) is 9.11. The molecule has 2 aromatic heterocycles. The van der Waals surface area contributed by atoms with Gasteiger partial charge in [-0.1, -0.05) is 13.8 Å². The summed E-state index contributed by atoms with van der Waals surface area (Å²) in [4.78, 5) is 12.5. The van der Waals surface area contributed by atoms with E-state index in [0.717, 1.165) is 54.5 Å². The van der Waals surface area contributed by atoms with Gasteiger partial charge in [-0.2, -0.15) is 5.10 Å². The van der Waals surface area contributed by atoms with Gasteiger partial charge in [-0.15, -0.1) is 10.2 Å². The first-order valence-electron chi connectivity index (χ1n) is 9.11. The molecule has 1 N–H and O–H groups in total. The molecule has 0 radical (unpaired) electrons. The molecule has 0 saturated carbocycles. The van der Waals surface area contributed by atoms with Crippen molar-refractivity contribution in [3.05, 3.63) is 28.6 Å². The maximum absolute atomic E-state index is 12.5. The summed E-state index contributed by atoms with van der Waals surface area (Å²) < 4.78 is 4.14. The van der Waals surface area contributed by atoms with Crippen LogP contribution in [0.2, 0.25) is 0 Å². The Morgan fingerprint density at radius 3 is 2.72 bits per heavy atom. The number of aryl methyl sites for hydroxylation is 2. The number of nitrogens with zero attached hydrogens (tertiary/aromatic N) is 5. The molecule has 1 aliphatic rings. The van der Waals surface area contributed by atoms with Crippen molar-refractivity contribution in [1.29, 1.82) is 0 Å². The third kappa shape index (κ3) is 3.60. The number of fused-ring (bicyclic) bond motifs is 1. The smallest absolute Gasteiger partial charge is 0.225 e. The largest absolute Gasteiger partial charge is 0.346 e. The molecule has 7 nitrogen and oxygen atoms in total. The van der Waals surface area contributed by atoms with Crippen molar-refractivity contribution in [2.75, 3.05) is 0 Å². The van der Waals surface area contributed by atoms with Gasteiger partial charge in [0.2, 0.25) is 5.91 Å². The molecule has 0 fully saturated rings. The number of amides is 1. The predicted octanol–water partition coefficient (Wildman–Crippen LogP) is 2.11. The van der Waals surface area contributed by atoms with Crippen molar-refractivity contribution in [3.8, 4) is 0 Å². The number of rotatable bonds is 6. The molecular formula is C18H28N6O. The highest BCUT2D eigenvalue weighted by molar-refractivity contribution is 5.79. The van der Waals surface area contributed by atoms with Gasteiger partial charge in [-0.3, -0.25) is 9.48 Å². The van der Waals surface area contributed by atoms with E-state index in [9.17, 15) is 4.79 Å². The van der Waals surface area contributed by atoms with Crippen LogP contribution in [0.15, 0.2) is 0 Å². The van der Waals surface area contributed by atoms with Crippen molar-refractivity contribution in [2.24, 2.45) is 5.92 Å². The highest BCUT2D eigenvalue weighted by Gasteiger charge is 2.23. The third-order valence-corrected chi connectivity index (χ3v) is 4.81. The second kappa shape index (κ2) is 6.98. The fourth-order valence-corrected chi connectivity index (χ4v) is 3.52. The Morgan fingerprint density at radius 1 is 1.24 bits per heavy atom. The Balaban J connectivity index is 1.67. The van der Waals surface area contributed by atoms with Gasteiger partial charge in [-0.25, -0.2) is 0 Å². The van der Waals surface area contributed by atoms with Crippen LogP contribution < -0.4 is 5.32 Å². The van der Waals surface area contributed by atoms with Gasteiger partial charge in [0.05, 0.1) is 18.2 Å². The van der Waals surface area contributed by atoms with Crippen LogP contribution in [0.1, 0.15) is 61.8 Å². The summed E-state index contributed by atoms with van der Waals surface area (Å²) in [5.41, 5.74) is 3.04. The summed E-state index contributed by atoms with van der Waals surface area (Å²) in [7, 11) is 0. The molecule has 2 aromatic rings. The molecule has 0 aromatic carbocycles. The summed E-state index contributed by atoms with van der Waals surface area (Å²) in [6, 6.07) is -0.141. The maximum Gasteiger partial charge on any atom is 0.225 e. The van der Waals surface area contributed by atoms with E-state index in [1.807, 2.05) is 25.5 Å². The molecule has 1 amide bonds. The molecule has 1 aliphatic heterocycles. The van der Waals surface area contributed by atoms with Gasteiger partial charge in [0.15, 0.2) is 5.82 Å². The van der Waals surface area contributed by atoms with Gasteiger partial charge >= 0.3 is 0 Å². The Bertz CT molecular complexity index is 773. The molecule has 136 valence electrons. The zero-order valence-corrected chi connectivity index (χ0v) is 15.8. The topological polar surface area (TPSA) is 77.6 Å². The normalized spacial score (nSPS) is 14.8. The van der Waals surface area contributed by atoms with Gasteiger partial charge in [0, 0.05) is 30.8 Å². The van der Waals surface area contributed by atoms with Crippen LogP contribution in [0.5, 0.6) is 0 Å². The highest BCUT2D eigenvalue weighted by atomic mass is 16.1. The van der Waals surface area contributed by atoms with Crippen LogP contribution in [0.3, 0.4) is 0 Å². The molecule has 0 saturated heterocycles. The molecule has 1 atom stereocenters. The number of carbonyl (C=O) groups is 1. The number of carbonyl (C=O) groups excluding carboxylic acids is 1. The first kappa shape index (κ1) is 17.6. The molecule has 7 heteroatoms. The van der Waals surface area contributed by atoms with Gasteiger partial charge in [0.1, 0.15) is 5.82 Å². The van der Waals surface area contributed by atoms with Gasteiger partial charge < -0.3 is 9.88 Å². The van der Waals surface area contributed by atoms with Crippen molar-refractivity contribution >= 4 is 5.91 Å². The van der Waals surface area contributed by atoms with Crippen LogP contribution in [0, 0.1) is 19.8 Å². The van der Waals surface area contributed by atoms with Crippen LogP contribution in [0.25, 0.3) is 0 Å². The van der Waals surface area contributed by atoms with E-state index < -0.39 is 0 Å². The predicted molar refractivity (Wildman–Crippen MR) is 95.1 cm³/mol. The monoisotopic (exact) mass is 344 g/mol. The van der Waals surface area contributed by atoms with E-state index in [1.54, 1.807) is 0 Å². The SMILES string of the molecule is Cc1nn(CC(C)C)c(C)c1CC(=O)N[C@H](C)c1nnc2n1CCC2. The Hall–Kier alpha value is -2.18. The summed E-state index contributed by atoms with van der Waals surface area (Å²) in [5.74, 6) is 2.40. The van der Waals surface area contributed by atoms with Gasteiger partial charge in [0.25, 0.3) is 0 Å². The lowest BCUT2D eigenvalue weighted by Gasteiger charge is -2.14. The van der Waals surface area contributed by atoms with E-state index in [-0.39, 0.29) is 11.9 Å². The van der Waals surface area contributed by atoms with Crippen molar-refractivity contribution in [2.45, 2.75) is 73.0 Å². The van der Waals surface area contributed by atoms with Crippen LogP contribution in [-0.4, -0.2) is 30.5 Å². The Morgan fingerprint density at radius 2 is 2.00 bits per heavy atom. The quantitative estimate of drug-likeness (QED) is 0.871. The van der Waals surface area contributed by atoms with Crippen molar-refractivity contribution in [3.63, 3.8) is 0 Å². The fourth-order valence-electron chi connectivity index (χ4n) is 3.52. The average molecular weight is 344 g/mol. The fraction of sp³-hybridized carbons (Fsp3) is 0.667. The van der Waals surface area contributed by atoms with Gasteiger partial charge in [-0.05, 0) is 33.1 Å². The Labute approximate surface area is 148 Å². The minimum atomic E-state index is -0.141. The zero-order valence-electron chi connectivity index (χ0n) is 15.8. The first-order chi connectivity index (χ1) is 11.9. The van der Waals surface area contributed by atoms with Crippen LogP contribution in [0.4, 0.5) is 0 Å². The van der Waals surface area contributed by atoms with Crippen molar-refractivity contribution in [1.82, 2.24) is 29.9 Å². The van der Waals surface area contributed by atoms with Crippen LogP contribution >= 0.6 is 0 Å². The number of hydrogen-bond donors (Lipinski definition) is 1. The van der Waals surface area contributed by atoms with E-state index in [2.05, 4.69) is 39.0 Å². The molecule has 3 rings (SSSR count). The second-order valence-corrected chi connectivity index (χ2v) is 7.42. The molecule has 0 bridgehead atoms. The molecule has 25 heavy (non-hydrogen) atoms. The van der Waals surface area contributed by atoms with E-state index in [0.29, 0.717) is 12.3 Å². The second-order valence-electron chi connectivity index (χ2n) is 7.42. The summed E-state index contributed by atoms with van der Waals surface area (Å²) in [6.45, 7) is 12.1. The highest BCUT2D eigenvalue weighted by Crippen LogP contribution is 2.20. The summed E-state index contributed by atoms with van der Waals surface area (Å²) >= 11 is 0. The van der Waals surface area contributed by atoms with Crippen LogP contribution in [-0.2, 0) is 30.7 Å². The molecule has 0 unspecified atom stereocenters. The van der Waals surface area contributed by atoms with Crippen molar-refractivity contribution < 1.29 is 4.79 Å². The number of nitrogens with one attached hydrogen (secondary N) is 1. The standard InChI is InChI=1S/C18H28N6O/c1-11(2)10-24-14(5)15(12(3)22-24)9-17(25)19-13(4)18-21-20-16-7-6-8-23(16)18/h11,13H,6-10H2,1-5H3,(H,19,25)/t13-/m1/s1. The lowest BCUT2D eigenvalue weighted by Crippen LogP contribution is -2.30. The minimum absolute atomic E-state index is 0.00172. The third-order valence-electron chi connectivity index (χ3n) is 4.81. The average Bonchev–Trinajstić information content (AvgIpc) is 3.18. The molecular weight excluding hydrogens is 316 g/mol. The van der Waals surface area contributed by atoms with E-state index in [4.69, 9.17) is 0 Å². The minimum Gasteiger partial charge on any atom is -0.346 e. The molecule has 3 heterocycles. The van der Waals surface area contributed by atoms with E-state index >= 15 is 0 Å². The molecule has 0 spiro atoms. The molecule has 0 aliphatic carbocycles. The lowest BCUT2D eigenvalue weighted by atomic mass is 10.1. The summed E-state index contributed by atoms with van der Waals surface area (Å²) in [6.07, 6.45) is 2.42. The Kier molecular flexibility index (Phi) is 4.92. The van der Waals surface area contributed by atoms with E-state index in [1.165, 1.54) is 0 Å².